The van der Waals surface area contributed by atoms with E-state index in [-0.39, 0.29) is 24.4 Å². The van der Waals surface area contributed by atoms with Gasteiger partial charge in [0.25, 0.3) is 5.91 Å². The zero-order valence-electron chi connectivity index (χ0n) is 16.1. The topological polar surface area (TPSA) is 80.8 Å². The van der Waals surface area contributed by atoms with Crippen LogP contribution in [0, 0.1) is 0 Å². The molecule has 0 radical (unpaired) electrons. The van der Waals surface area contributed by atoms with Crippen LogP contribution < -0.4 is 14.8 Å². The van der Waals surface area contributed by atoms with Gasteiger partial charge in [-0.15, -0.1) is 11.3 Å². The fourth-order valence-electron chi connectivity index (χ4n) is 3.49. The predicted octanol–water partition coefficient (Wildman–Crippen LogP) is 3.57. The summed E-state index contributed by atoms with van der Waals surface area (Å²) in [6, 6.07) is 5.14. The molecular formula is C20H25N3O4S. The number of hydrogen-bond donors (Lipinski definition) is 1. The first-order valence-electron chi connectivity index (χ1n) is 9.34. The summed E-state index contributed by atoms with van der Waals surface area (Å²) < 4.78 is 10.6. The molecule has 0 spiro atoms. The van der Waals surface area contributed by atoms with Gasteiger partial charge in [-0.1, -0.05) is 19.3 Å². The number of amides is 2. The molecule has 0 saturated heterocycles. The average Bonchev–Trinajstić information content (AvgIpc) is 3.24. The summed E-state index contributed by atoms with van der Waals surface area (Å²) in [6.45, 7) is -0.0156. The smallest absolute Gasteiger partial charge is 0.258 e. The third kappa shape index (κ3) is 4.81. The minimum Gasteiger partial charge on any atom is -0.497 e. The standard InChI is InChI=1S/C20H25N3O4S/c1-26-15-8-9-16(17(12-15)27-2)19(25)23(14-6-4-3-5-7-14)13-18(24)22-20-21-10-11-28-20/h8-12,14H,3-7,13H2,1-2H3,(H,21,22,24). The lowest BCUT2D eigenvalue weighted by atomic mass is 9.93. The molecule has 2 amide bonds. The quantitative estimate of drug-likeness (QED) is 0.764. The number of rotatable bonds is 7. The van der Waals surface area contributed by atoms with Crippen molar-refractivity contribution in [2.45, 2.75) is 38.1 Å². The number of thiazole rings is 1. The van der Waals surface area contributed by atoms with Crippen LogP contribution in [-0.4, -0.2) is 48.5 Å². The fourth-order valence-corrected chi connectivity index (χ4v) is 4.03. The molecule has 1 aromatic carbocycles. The Kier molecular flexibility index (Phi) is 6.86. The first-order valence-corrected chi connectivity index (χ1v) is 10.2. The Morgan fingerprint density at radius 1 is 1.21 bits per heavy atom. The van der Waals surface area contributed by atoms with Gasteiger partial charge in [-0.2, -0.15) is 0 Å². The Bertz CT molecular complexity index is 804. The molecule has 3 rings (SSSR count). The normalized spacial score (nSPS) is 14.4. The van der Waals surface area contributed by atoms with Gasteiger partial charge >= 0.3 is 0 Å². The number of benzene rings is 1. The number of ether oxygens (including phenoxy) is 2. The number of carbonyl (C=O) groups excluding carboxylic acids is 2. The lowest BCUT2D eigenvalue weighted by Crippen LogP contribution is -2.45. The van der Waals surface area contributed by atoms with Gasteiger partial charge in [0.1, 0.15) is 18.0 Å². The molecule has 0 bridgehead atoms. The van der Waals surface area contributed by atoms with Crippen LogP contribution in [0.25, 0.3) is 0 Å². The number of methoxy groups -OCH3 is 2. The van der Waals surface area contributed by atoms with Crippen LogP contribution in [0.2, 0.25) is 0 Å². The zero-order valence-corrected chi connectivity index (χ0v) is 17.0. The van der Waals surface area contributed by atoms with Crippen LogP contribution in [0.15, 0.2) is 29.8 Å². The maximum Gasteiger partial charge on any atom is 0.258 e. The molecule has 1 aliphatic rings. The van der Waals surface area contributed by atoms with E-state index in [9.17, 15) is 9.59 Å². The van der Waals surface area contributed by atoms with Gasteiger partial charge in [0.15, 0.2) is 5.13 Å². The molecule has 7 nitrogen and oxygen atoms in total. The van der Waals surface area contributed by atoms with E-state index in [4.69, 9.17) is 9.47 Å². The van der Waals surface area contributed by atoms with Gasteiger partial charge in [-0.3, -0.25) is 9.59 Å². The van der Waals surface area contributed by atoms with E-state index in [2.05, 4.69) is 10.3 Å². The Morgan fingerprint density at radius 2 is 2.00 bits per heavy atom. The Balaban J connectivity index is 1.83. The second kappa shape index (κ2) is 9.54. The molecule has 1 saturated carbocycles. The van der Waals surface area contributed by atoms with E-state index in [1.54, 1.807) is 41.8 Å². The van der Waals surface area contributed by atoms with Crippen LogP contribution in [-0.2, 0) is 4.79 Å². The maximum atomic E-state index is 13.4. The van der Waals surface area contributed by atoms with Crippen molar-refractivity contribution < 1.29 is 19.1 Å². The van der Waals surface area contributed by atoms with Crippen molar-refractivity contribution in [3.8, 4) is 11.5 Å². The van der Waals surface area contributed by atoms with Gasteiger partial charge in [0.05, 0.1) is 19.8 Å². The zero-order chi connectivity index (χ0) is 19.9. The summed E-state index contributed by atoms with van der Waals surface area (Å²) in [5, 5.41) is 5.09. The van der Waals surface area contributed by atoms with E-state index in [0.29, 0.717) is 22.2 Å². The van der Waals surface area contributed by atoms with Crippen LogP contribution in [0.4, 0.5) is 5.13 Å². The van der Waals surface area contributed by atoms with Crippen molar-refractivity contribution in [1.82, 2.24) is 9.88 Å². The van der Waals surface area contributed by atoms with Crippen LogP contribution in [0.3, 0.4) is 0 Å². The summed E-state index contributed by atoms with van der Waals surface area (Å²) >= 11 is 1.35. The Morgan fingerprint density at radius 3 is 2.64 bits per heavy atom. The van der Waals surface area contributed by atoms with Gasteiger partial charge in [-0.25, -0.2) is 4.98 Å². The second-order valence-electron chi connectivity index (χ2n) is 6.68. The highest BCUT2D eigenvalue weighted by atomic mass is 32.1. The Labute approximate surface area is 168 Å². The number of nitrogens with zero attached hydrogens (tertiary/aromatic N) is 2. The number of aromatic nitrogens is 1. The van der Waals surface area contributed by atoms with Gasteiger partial charge in [-0.05, 0) is 25.0 Å². The highest BCUT2D eigenvalue weighted by Crippen LogP contribution is 2.29. The molecule has 1 fully saturated rings. The molecule has 1 N–H and O–H groups in total. The van der Waals surface area contributed by atoms with E-state index >= 15 is 0 Å². The molecule has 0 unspecified atom stereocenters. The van der Waals surface area contributed by atoms with E-state index in [1.165, 1.54) is 18.4 Å². The minimum absolute atomic E-state index is 0.0156. The van der Waals surface area contributed by atoms with Crippen molar-refractivity contribution >= 4 is 28.3 Å². The molecule has 0 atom stereocenters. The summed E-state index contributed by atoms with van der Waals surface area (Å²) in [6.07, 6.45) is 6.70. The Hall–Kier alpha value is -2.61. The number of hydrogen-bond acceptors (Lipinski definition) is 6. The van der Waals surface area contributed by atoms with Gasteiger partial charge < -0.3 is 19.7 Å². The molecule has 8 heteroatoms. The van der Waals surface area contributed by atoms with Crippen molar-refractivity contribution in [2.75, 3.05) is 26.1 Å². The number of carbonyl (C=O) groups is 2. The molecule has 150 valence electrons. The largest absolute Gasteiger partial charge is 0.497 e. The lowest BCUT2D eigenvalue weighted by molar-refractivity contribution is -0.117. The molecule has 1 aromatic heterocycles. The van der Waals surface area contributed by atoms with E-state index < -0.39 is 0 Å². The van der Waals surface area contributed by atoms with Gasteiger partial charge in [0, 0.05) is 23.7 Å². The highest BCUT2D eigenvalue weighted by molar-refractivity contribution is 7.13. The molecule has 28 heavy (non-hydrogen) atoms. The van der Waals surface area contributed by atoms with Crippen molar-refractivity contribution in [3.05, 3.63) is 35.3 Å². The molecule has 1 heterocycles. The van der Waals surface area contributed by atoms with Crippen molar-refractivity contribution in [3.63, 3.8) is 0 Å². The van der Waals surface area contributed by atoms with Crippen LogP contribution in [0.5, 0.6) is 11.5 Å². The number of anilines is 1. The average molecular weight is 404 g/mol. The third-order valence-electron chi connectivity index (χ3n) is 4.91. The second-order valence-corrected chi connectivity index (χ2v) is 7.57. The van der Waals surface area contributed by atoms with Gasteiger partial charge in [0.2, 0.25) is 5.91 Å². The summed E-state index contributed by atoms with van der Waals surface area (Å²) in [7, 11) is 3.08. The lowest BCUT2D eigenvalue weighted by Gasteiger charge is -2.34. The SMILES string of the molecule is COc1ccc(C(=O)N(CC(=O)Nc2nccs2)C2CCCCC2)c(OC)c1. The highest BCUT2D eigenvalue weighted by Gasteiger charge is 2.30. The third-order valence-corrected chi connectivity index (χ3v) is 5.60. The summed E-state index contributed by atoms with van der Waals surface area (Å²) in [4.78, 5) is 31.7. The first kappa shape index (κ1) is 20.1. The van der Waals surface area contributed by atoms with E-state index in [1.807, 2.05) is 0 Å². The fraction of sp³-hybridized carbons (Fsp3) is 0.450. The maximum absolute atomic E-state index is 13.4. The molecule has 0 aliphatic heterocycles. The summed E-state index contributed by atoms with van der Waals surface area (Å²) in [5.41, 5.74) is 0.427. The molecular weight excluding hydrogens is 378 g/mol. The van der Waals surface area contributed by atoms with E-state index in [0.717, 1.165) is 32.1 Å². The van der Waals surface area contributed by atoms with Crippen molar-refractivity contribution in [1.29, 1.82) is 0 Å². The minimum atomic E-state index is -0.249. The van der Waals surface area contributed by atoms with Crippen LogP contribution in [0.1, 0.15) is 42.5 Å². The monoisotopic (exact) mass is 403 g/mol. The molecule has 1 aliphatic carbocycles. The first-order chi connectivity index (χ1) is 13.6. The summed E-state index contributed by atoms with van der Waals surface area (Å²) in [5.74, 6) is 0.590. The molecule has 2 aromatic rings. The van der Waals surface area contributed by atoms with Crippen LogP contribution >= 0.6 is 11.3 Å². The van der Waals surface area contributed by atoms with Crippen molar-refractivity contribution in [2.24, 2.45) is 0 Å². The number of nitrogens with one attached hydrogen (secondary N) is 1. The predicted molar refractivity (Wildman–Crippen MR) is 108 cm³/mol.